The lowest BCUT2D eigenvalue weighted by atomic mass is 10.1. The molecule has 1 aliphatic heterocycles. The summed E-state index contributed by atoms with van der Waals surface area (Å²) in [6.45, 7) is 1.08. The predicted molar refractivity (Wildman–Crippen MR) is 99.5 cm³/mol. The molecule has 2 heterocycles. The molecule has 0 bridgehead atoms. The van der Waals surface area contributed by atoms with Gasteiger partial charge in [0.1, 0.15) is 18.0 Å². The van der Waals surface area contributed by atoms with Crippen molar-refractivity contribution in [1.29, 1.82) is 0 Å². The number of amides is 1. The molecule has 1 aliphatic rings. The van der Waals surface area contributed by atoms with Gasteiger partial charge in [-0.05, 0) is 29.8 Å². The molecule has 7 nitrogen and oxygen atoms in total. The van der Waals surface area contributed by atoms with E-state index in [0.29, 0.717) is 13.1 Å². The van der Waals surface area contributed by atoms with Crippen molar-refractivity contribution in [3.05, 3.63) is 65.7 Å². The molecule has 4 N–H and O–H groups in total. The standard InChI is InChI=1S/C20H24FN3O4/c21-14-6-4-13(5-7-14)10-24-18(25)9-16-19(26)20(27)17(28-16)12-22-11-15-3-1-2-8-23-15/h1-8,16-17,19-20,22,26-27H,9-12H2,(H,24,25)/t16-,17-,19-,20+/m0/s1. The third-order valence-corrected chi connectivity index (χ3v) is 4.63. The molecular formula is C20H24FN3O4. The zero-order chi connectivity index (χ0) is 19.9. The number of hydrogen-bond donors (Lipinski definition) is 4. The molecule has 150 valence electrons. The first-order valence-electron chi connectivity index (χ1n) is 9.16. The molecule has 0 spiro atoms. The van der Waals surface area contributed by atoms with Crippen molar-refractivity contribution in [1.82, 2.24) is 15.6 Å². The van der Waals surface area contributed by atoms with Gasteiger partial charge in [-0.25, -0.2) is 4.39 Å². The summed E-state index contributed by atoms with van der Waals surface area (Å²) in [6.07, 6.45) is -2.00. The van der Waals surface area contributed by atoms with Crippen LogP contribution in [-0.4, -0.2) is 52.1 Å². The van der Waals surface area contributed by atoms with Crippen LogP contribution in [0.3, 0.4) is 0 Å². The summed E-state index contributed by atoms with van der Waals surface area (Å²) in [5.74, 6) is -0.656. The summed E-state index contributed by atoms with van der Waals surface area (Å²) < 4.78 is 18.6. The molecule has 3 rings (SSSR count). The number of carbonyl (C=O) groups excluding carboxylic acids is 1. The largest absolute Gasteiger partial charge is 0.388 e. The average molecular weight is 389 g/mol. The number of benzene rings is 1. The van der Waals surface area contributed by atoms with Crippen LogP contribution < -0.4 is 10.6 Å². The smallest absolute Gasteiger partial charge is 0.222 e. The first kappa shape index (κ1) is 20.3. The Balaban J connectivity index is 1.42. The number of aliphatic hydroxyl groups excluding tert-OH is 2. The number of aromatic nitrogens is 1. The van der Waals surface area contributed by atoms with Gasteiger partial charge in [-0.2, -0.15) is 0 Å². The summed E-state index contributed by atoms with van der Waals surface area (Å²) in [7, 11) is 0. The molecule has 0 unspecified atom stereocenters. The van der Waals surface area contributed by atoms with E-state index in [9.17, 15) is 19.4 Å². The fraction of sp³-hybridized carbons (Fsp3) is 0.400. The highest BCUT2D eigenvalue weighted by Crippen LogP contribution is 2.23. The predicted octanol–water partition coefficient (Wildman–Crippen LogP) is 0.506. The number of nitrogens with one attached hydrogen (secondary N) is 2. The monoisotopic (exact) mass is 389 g/mol. The van der Waals surface area contributed by atoms with E-state index in [-0.39, 0.29) is 24.7 Å². The number of hydrogen-bond acceptors (Lipinski definition) is 6. The van der Waals surface area contributed by atoms with Gasteiger partial charge in [0.2, 0.25) is 5.91 Å². The lowest BCUT2D eigenvalue weighted by molar-refractivity contribution is -0.125. The summed E-state index contributed by atoms with van der Waals surface area (Å²) in [4.78, 5) is 16.3. The molecule has 1 aromatic carbocycles. The van der Waals surface area contributed by atoms with Gasteiger partial charge in [-0.15, -0.1) is 0 Å². The van der Waals surface area contributed by atoms with Gasteiger partial charge in [-0.3, -0.25) is 9.78 Å². The molecule has 1 amide bonds. The van der Waals surface area contributed by atoms with Crippen LogP contribution in [0.25, 0.3) is 0 Å². The summed E-state index contributed by atoms with van der Waals surface area (Å²) in [5, 5.41) is 26.2. The van der Waals surface area contributed by atoms with E-state index < -0.39 is 24.4 Å². The van der Waals surface area contributed by atoms with Crippen molar-refractivity contribution >= 4 is 5.91 Å². The van der Waals surface area contributed by atoms with Crippen molar-refractivity contribution in [2.24, 2.45) is 0 Å². The molecule has 2 aromatic rings. The van der Waals surface area contributed by atoms with E-state index in [4.69, 9.17) is 4.74 Å². The normalized spacial score (nSPS) is 24.2. The van der Waals surface area contributed by atoms with Crippen molar-refractivity contribution in [3.8, 4) is 0 Å². The van der Waals surface area contributed by atoms with Gasteiger partial charge >= 0.3 is 0 Å². The molecule has 8 heteroatoms. The maximum absolute atomic E-state index is 12.9. The molecule has 0 saturated carbocycles. The van der Waals surface area contributed by atoms with Gasteiger partial charge in [0.25, 0.3) is 0 Å². The van der Waals surface area contributed by atoms with Crippen molar-refractivity contribution in [2.45, 2.75) is 43.9 Å². The Kier molecular flexibility index (Phi) is 7.05. The summed E-state index contributed by atoms with van der Waals surface area (Å²) in [6, 6.07) is 11.4. The number of carbonyl (C=O) groups is 1. The fourth-order valence-corrected chi connectivity index (χ4v) is 3.07. The maximum atomic E-state index is 12.9. The molecule has 1 saturated heterocycles. The van der Waals surface area contributed by atoms with E-state index in [2.05, 4.69) is 15.6 Å². The first-order chi connectivity index (χ1) is 13.5. The van der Waals surface area contributed by atoms with Crippen LogP contribution in [0, 0.1) is 5.82 Å². The SMILES string of the molecule is O=C(C[C@@H]1O[C@@H](CNCc2ccccn2)[C@@H](O)[C@H]1O)NCc1ccc(F)cc1. The van der Waals surface area contributed by atoms with E-state index in [1.807, 2.05) is 18.2 Å². The molecular weight excluding hydrogens is 365 g/mol. The molecule has 1 aromatic heterocycles. The highest BCUT2D eigenvalue weighted by Gasteiger charge is 2.42. The second kappa shape index (κ2) is 9.70. The highest BCUT2D eigenvalue weighted by molar-refractivity contribution is 5.76. The van der Waals surface area contributed by atoms with Gasteiger partial charge in [0.15, 0.2) is 0 Å². The Morgan fingerprint density at radius 3 is 2.54 bits per heavy atom. The van der Waals surface area contributed by atoms with Gasteiger partial charge in [0, 0.05) is 25.8 Å². The van der Waals surface area contributed by atoms with Crippen LogP contribution in [0.4, 0.5) is 4.39 Å². The number of aliphatic hydroxyl groups is 2. The molecule has 4 atom stereocenters. The van der Waals surface area contributed by atoms with Crippen molar-refractivity contribution < 1.29 is 24.1 Å². The third-order valence-electron chi connectivity index (χ3n) is 4.63. The van der Waals surface area contributed by atoms with Crippen molar-refractivity contribution in [2.75, 3.05) is 6.54 Å². The minimum Gasteiger partial charge on any atom is -0.388 e. The van der Waals surface area contributed by atoms with E-state index in [1.54, 1.807) is 18.3 Å². The van der Waals surface area contributed by atoms with Crippen LogP contribution in [0.2, 0.25) is 0 Å². The molecule has 0 radical (unpaired) electrons. The van der Waals surface area contributed by atoms with Crippen LogP contribution in [-0.2, 0) is 22.6 Å². The number of ether oxygens (including phenoxy) is 1. The lowest BCUT2D eigenvalue weighted by Crippen LogP contribution is -2.38. The van der Waals surface area contributed by atoms with E-state index in [1.165, 1.54) is 12.1 Å². The van der Waals surface area contributed by atoms with Crippen molar-refractivity contribution in [3.63, 3.8) is 0 Å². The van der Waals surface area contributed by atoms with E-state index in [0.717, 1.165) is 11.3 Å². The number of nitrogens with zero attached hydrogens (tertiary/aromatic N) is 1. The Hall–Kier alpha value is -2.39. The summed E-state index contributed by atoms with van der Waals surface area (Å²) >= 11 is 0. The highest BCUT2D eigenvalue weighted by atomic mass is 19.1. The Morgan fingerprint density at radius 1 is 1.07 bits per heavy atom. The number of halogens is 1. The van der Waals surface area contributed by atoms with E-state index >= 15 is 0 Å². The average Bonchev–Trinajstić information content (AvgIpc) is 2.96. The summed E-state index contributed by atoms with van der Waals surface area (Å²) in [5.41, 5.74) is 1.62. The minimum absolute atomic E-state index is 0.0733. The quantitative estimate of drug-likeness (QED) is 0.525. The van der Waals surface area contributed by atoms with Crippen LogP contribution >= 0.6 is 0 Å². The Morgan fingerprint density at radius 2 is 1.82 bits per heavy atom. The first-order valence-corrected chi connectivity index (χ1v) is 9.16. The molecule has 0 aliphatic carbocycles. The fourth-order valence-electron chi connectivity index (χ4n) is 3.07. The number of pyridine rings is 1. The topological polar surface area (TPSA) is 104 Å². The maximum Gasteiger partial charge on any atom is 0.222 e. The Labute approximate surface area is 162 Å². The van der Waals surface area contributed by atoms with Gasteiger partial charge < -0.3 is 25.6 Å². The minimum atomic E-state index is -1.14. The Bertz CT molecular complexity index is 760. The van der Waals surface area contributed by atoms with Crippen LogP contribution in [0.5, 0.6) is 0 Å². The molecule has 1 fully saturated rings. The third kappa shape index (κ3) is 5.56. The lowest BCUT2D eigenvalue weighted by Gasteiger charge is -2.15. The zero-order valence-corrected chi connectivity index (χ0v) is 15.3. The zero-order valence-electron chi connectivity index (χ0n) is 15.3. The van der Waals surface area contributed by atoms with Gasteiger partial charge in [0.05, 0.1) is 24.3 Å². The second-order valence-corrected chi connectivity index (χ2v) is 6.75. The number of rotatable bonds is 8. The second-order valence-electron chi connectivity index (χ2n) is 6.75. The molecule has 28 heavy (non-hydrogen) atoms. The van der Waals surface area contributed by atoms with Gasteiger partial charge in [-0.1, -0.05) is 18.2 Å². The van der Waals surface area contributed by atoms with Crippen LogP contribution in [0.15, 0.2) is 48.7 Å². The van der Waals surface area contributed by atoms with Crippen LogP contribution in [0.1, 0.15) is 17.7 Å².